The number of nitrogens with zero attached hydrogens (tertiary/aromatic N) is 1. The molecule has 2 unspecified atom stereocenters. The van der Waals surface area contributed by atoms with Crippen molar-refractivity contribution in [2.24, 2.45) is 0 Å². The van der Waals surface area contributed by atoms with Crippen molar-refractivity contribution in [1.29, 1.82) is 5.26 Å². The molecule has 0 amide bonds. The Bertz CT molecular complexity index is 537. The van der Waals surface area contributed by atoms with Crippen molar-refractivity contribution in [3.8, 4) is 6.07 Å². The second-order valence-corrected chi connectivity index (χ2v) is 6.55. The van der Waals surface area contributed by atoms with Gasteiger partial charge in [-0.3, -0.25) is 0 Å². The van der Waals surface area contributed by atoms with Gasteiger partial charge in [0.15, 0.2) is 0 Å². The maximum Gasteiger partial charge on any atom is 0.143 e. The van der Waals surface area contributed by atoms with Gasteiger partial charge < -0.3 is 10.1 Å². The number of hydrogen-bond donors (Lipinski definition) is 1. The fourth-order valence-electron chi connectivity index (χ4n) is 2.99. The lowest BCUT2D eigenvalue weighted by Gasteiger charge is -2.38. The topological polar surface area (TPSA) is 45.0 Å². The molecule has 1 aromatic rings. The summed E-state index contributed by atoms with van der Waals surface area (Å²) in [5.74, 6) is 1.73. The van der Waals surface area contributed by atoms with Gasteiger partial charge in [0.05, 0.1) is 11.3 Å². The summed E-state index contributed by atoms with van der Waals surface area (Å²) in [4.78, 5) is 0. The highest BCUT2D eigenvalue weighted by Gasteiger charge is 2.40. The summed E-state index contributed by atoms with van der Waals surface area (Å²) in [7, 11) is 0. The molecule has 1 N–H and O–H groups in total. The SMILES string of the molecule is N#Cc1c(F)cccc1NC1CCOC2(CCSC2)C1. The number of benzene rings is 1. The number of hydrogen-bond acceptors (Lipinski definition) is 4. The average Bonchev–Trinajstić information content (AvgIpc) is 2.87. The third-order valence-electron chi connectivity index (χ3n) is 4.05. The van der Waals surface area contributed by atoms with Crippen molar-refractivity contribution >= 4 is 17.4 Å². The van der Waals surface area contributed by atoms with Crippen LogP contribution in [0.2, 0.25) is 0 Å². The molecule has 2 aliphatic heterocycles. The Morgan fingerprint density at radius 3 is 3.15 bits per heavy atom. The number of halogens is 1. The molecule has 1 aromatic carbocycles. The molecule has 0 saturated carbocycles. The van der Waals surface area contributed by atoms with Crippen LogP contribution in [-0.4, -0.2) is 29.8 Å². The number of ether oxygens (including phenoxy) is 1. The van der Waals surface area contributed by atoms with E-state index in [9.17, 15) is 4.39 Å². The lowest BCUT2D eigenvalue weighted by Crippen LogP contribution is -2.44. The Balaban J connectivity index is 1.75. The normalized spacial score (nSPS) is 29.3. The van der Waals surface area contributed by atoms with Crippen LogP contribution < -0.4 is 5.32 Å². The third-order valence-corrected chi connectivity index (χ3v) is 5.27. The largest absolute Gasteiger partial charge is 0.381 e. The van der Waals surface area contributed by atoms with Gasteiger partial charge >= 0.3 is 0 Å². The fourth-order valence-corrected chi connectivity index (χ4v) is 4.37. The first kappa shape index (κ1) is 13.7. The first-order chi connectivity index (χ1) is 9.72. The number of nitriles is 1. The third kappa shape index (κ3) is 2.63. The van der Waals surface area contributed by atoms with Crippen LogP contribution in [0, 0.1) is 17.1 Å². The number of rotatable bonds is 2. The van der Waals surface area contributed by atoms with E-state index in [0.717, 1.165) is 37.4 Å². The molecule has 3 nitrogen and oxygen atoms in total. The van der Waals surface area contributed by atoms with Crippen LogP contribution in [0.15, 0.2) is 18.2 Å². The van der Waals surface area contributed by atoms with Gasteiger partial charge in [-0.1, -0.05) is 6.07 Å². The Labute approximate surface area is 122 Å². The van der Waals surface area contributed by atoms with Crippen molar-refractivity contribution < 1.29 is 9.13 Å². The molecule has 1 spiro atoms. The molecule has 0 radical (unpaired) electrons. The fraction of sp³-hybridized carbons (Fsp3) is 0.533. The van der Waals surface area contributed by atoms with Crippen LogP contribution in [-0.2, 0) is 4.74 Å². The summed E-state index contributed by atoms with van der Waals surface area (Å²) in [5, 5.41) is 12.4. The molecule has 2 heterocycles. The summed E-state index contributed by atoms with van der Waals surface area (Å²) in [6, 6.07) is 6.92. The van der Waals surface area contributed by atoms with E-state index in [1.54, 1.807) is 12.1 Å². The molecule has 3 rings (SSSR count). The Hall–Kier alpha value is -1.25. The van der Waals surface area contributed by atoms with E-state index in [1.165, 1.54) is 6.07 Å². The molecule has 20 heavy (non-hydrogen) atoms. The van der Waals surface area contributed by atoms with Crippen LogP contribution in [0.5, 0.6) is 0 Å². The van der Waals surface area contributed by atoms with Crippen molar-refractivity contribution in [1.82, 2.24) is 0 Å². The van der Waals surface area contributed by atoms with E-state index in [2.05, 4.69) is 5.32 Å². The zero-order valence-corrected chi connectivity index (χ0v) is 12.0. The highest BCUT2D eigenvalue weighted by molar-refractivity contribution is 7.99. The van der Waals surface area contributed by atoms with E-state index in [0.29, 0.717) is 5.69 Å². The molecule has 2 atom stereocenters. The van der Waals surface area contributed by atoms with Gasteiger partial charge in [0.25, 0.3) is 0 Å². The van der Waals surface area contributed by atoms with Gasteiger partial charge in [0.2, 0.25) is 0 Å². The molecule has 0 aliphatic carbocycles. The Morgan fingerprint density at radius 2 is 2.40 bits per heavy atom. The predicted octanol–water partition coefficient (Wildman–Crippen LogP) is 3.16. The van der Waals surface area contributed by atoms with Crippen LogP contribution >= 0.6 is 11.8 Å². The lowest BCUT2D eigenvalue weighted by atomic mass is 9.89. The van der Waals surface area contributed by atoms with Crippen LogP contribution in [0.4, 0.5) is 10.1 Å². The first-order valence-electron chi connectivity index (χ1n) is 6.89. The van der Waals surface area contributed by atoms with E-state index < -0.39 is 5.82 Å². The molecule has 0 aromatic heterocycles. The van der Waals surface area contributed by atoms with Crippen LogP contribution in [0.25, 0.3) is 0 Å². The molecule has 2 aliphatic rings. The second kappa shape index (κ2) is 5.63. The van der Waals surface area contributed by atoms with Gasteiger partial charge in [-0.05, 0) is 37.1 Å². The van der Waals surface area contributed by atoms with Crippen LogP contribution in [0.3, 0.4) is 0 Å². The number of thioether (sulfide) groups is 1. The minimum Gasteiger partial charge on any atom is -0.381 e. The van der Waals surface area contributed by atoms with Crippen LogP contribution in [0.1, 0.15) is 24.8 Å². The van der Waals surface area contributed by atoms with Gasteiger partial charge in [0.1, 0.15) is 17.4 Å². The number of anilines is 1. The summed E-state index contributed by atoms with van der Waals surface area (Å²) in [5.41, 5.74) is 0.690. The molecule has 2 saturated heterocycles. The molecule has 0 bridgehead atoms. The number of nitrogens with one attached hydrogen (secondary N) is 1. The van der Waals surface area contributed by atoms with E-state index >= 15 is 0 Å². The molecular formula is C15H17FN2OS. The molecule has 5 heteroatoms. The van der Waals surface area contributed by atoms with Crippen molar-refractivity contribution in [2.45, 2.75) is 30.9 Å². The smallest absolute Gasteiger partial charge is 0.143 e. The van der Waals surface area contributed by atoms with Crippen molar-refractivity contribution in [2.75, 3.05) is 23.4 Å². The second-order valence-electron chi connectivity index (χ2n) is 5.44. The predicted molar refractivity (Wildman–Crippen MR) is 78.4 cm³/mol. The summed E-state index contributed by atoms with van der Waals surface area (Å²) in [6.45, 7) is 0.732. The van der Waals surface area contributed by atoms with Crippen molar-refractivity contribution in [3.05, 3.63) is 29.6 Å². The minimum atomic E-state index is -0.462. The average molecular weight is 292 g/mol. The zero-order valence-electron chi connectivity index (χ0n) is 11.2. The maximum atomic E-state index is 13.6. The van der Waals surface area contributed by atoms with Gasteiger partial charge in [-0.15, -0.1) is 0 Å². The summed E-state index contributed by atoms with van der Waals surface area (Å²) >= 11 is 1.93. The molecular weight excluding hydrogens is 275 g/mol. The van der Waals surface area contributed by atoms with Gasteiger partial charge in [0, 0.05) is 18.4 Å². The Morgan fingerprint density at radius 1 is 1.50 bits per heavy atom. The zero-order chi connectivity index (χ0) is 14.0. The van der Waals surface area contributed by atoms with E-state index in [1.807, 2.05) is 17.8 Å². The standard InChI is InChI=1S/C15H17FN2OS/c16-13-2-1-3-14(12(13)9-17)18-11-4-6-19-15(8-11)5-7-20-10-15/h1-3,11,18H,4-8,10H2. The maximum absolute atomic E-state index is 13.6. The van der Waals surface area contributed by atoms with Crippen molar-refractivity contribution in [3.63, 3.8) is 0 Å². The monoisotopic (exact) mass is 292 g/mol. The Kier molecular flexibility index (Phi) is 3.86. The molecule has 2 fully saturated rings. The highest BCUT2D eigenvalue weighted by Crippen LogP contribution is 2.39. The first-order valence-corrected chi connectivity index (χ1v) is 8.05. The van der Waals surface area contributed by atoms with E-state index in [4.69, 9.17) is 10.00 Å². The highest BCUT2D eigenvalue weighted by atomic mass is 32.2. The quantitative estimate of drug-likeness (QED) is 0.909. The minimum absolute atomic E-state index is 0.0132. The lowest BCUT2D eigenvalue weighted by molar-refractivity contribution is -0.0628. The summed E-state index contributed by atoms with van der Waals surface area (Å²) in [6.07, 6.45) is 2.92. The molecule has 106 valence electrons. The summed E-state index contributed by atoms with van der Waals surface area (Å²) < 4.78 is 19.6. The van der Waals surface area contributed by atoms with Gasteiger partial charge in [-0.25, -0.2) is 4.39 Å². The van der Waals surface area contributed by atoms with E-state index in [-0.39, 0.29) is 17.2 Å². The van der Waals surface area contributed by atoms with Gasteiger partial charge in [-0.2, -0.15) is 17.0 Å².